The average Bonchev–Trinajstić information content (AvgIpc) is 3.52. The van der Waals surface area contributed by atoms with Crippen LogP contribution in [0.3, 0.4) is 0 Å². The lowest BCUT2D eigenvalue weighted by atomic mass is 10.00. The zero-order valence-electron chi connectivity index (χ0n) is 16.6. The van der Waals surface area contributed by atoms with Gasteiger partial charge in [0.25, 0.3) is 0 Å². The second-order valence-corrected chi connectivity index (χ2v) is 6.84. The zero-order chi connectivity index (χ0) is 21.7. The minimum Gasteiger partial charge on any atom is -0.453 e. The molecule has 0 aliphatic heterocycles. The Balaban J connectivity index is 0.000000589. The molecule has 1 heterocycles. The number of methoxy groups -OCH3 is 1. The van der Waals surface area contributed by atoms with Gasteiger partial charge in [-0.2, -0.15) is 0 Å². The van der Waals surface area contributed by atoms with E-state index in [4.69, 9.17) is 19.5 Å². The van der Waals surface area contributed by atoms with Crippen molar-refractivity contribution >= 4 is 17.9 Å². The summed E-state index contributed by atoms with van der Waals surface area (Å²) in [6.45, 7) is 1.75. The fourth-order valence-electron chi connectivity index (χ4n) is 3.05. The van der Waals surface area contributed by atoms with Crippen LogP contribution >= 0.6 is 0 Å². The lowest BCUT2D eigenvalue weighted by Crippen LogP contribution is -2.11. The number of ether oxygens (including phenoxy) is 1. The van der Waals surface area contributed by atoms with Gasteiger partial charge in [-0.25, -0.2) is 9.59 Å². The van der Waals surface area contributed by atoms with Crippen molar-refractivity contribution in [1.29, 1.82) is 0 Å². The SMILES string of the molecule is COC(=O)Nc1c(-c2ccc(-c3ccc(C4CC4)cc3)cc2)noc1C.O=C(O)O. The second kappa shape index (κ2) is 9.13. The third-order valence-corrected chi connectivity index (χ3v) is 4.73. The molecule has 0 atom stereocenters. The fourth-order valence-corrected chi connectivity index (χ4v) is 3.05. The zero-order valence-corrected chi connectivity index (χ0v) is 16.6. The van der Waals surface area contributed by atoms with Crippen molar-refractivity contribution in [3.63, 3.8) is 0 Å². The number of rotatable bonds is 4. The van der Waals surface area contributed by atoms with Crippen molar-refractivity contribution < 1.29 is 29.1 Å². The van der Waals surface area contributed by atoms with Crippen molar-refractivity contribution in [2.45, 2.75) is 25.7 Å². The molecule has 1 aliphatic carbocycles. The van der Waals surface area contributed by atoms with Crippen molar-refractivity contribution in [2.24, 2.45) is 0 Å². The lowest BCUT2D eigenvalue weighted by molar-refractivity contribution is 0.137. The van der Waals surface area contributed by atoms with Crippen LogP contribution in [0.4, 0.5) is 15.3 Å². The first-order valence-corrected chi connectivity index (χ1v) is 9.33. The minimum absolute atomic E-state index is 0.526. The largest absolute Gasteiger partial charge is 0.503 e. The van der Waals surface area contributed by atoms with Gasteiger partial charge < -0.3 is 19.5 Å². The number of amides is 1. The maximum Gasteiger partial charge on any atom is 0.503 e. The molecule has 1 aromatic heterocycles. The molecular formula is C22H22N2O6. The molecule has 3 aromatic rings. The third-order valence-electron chi connectivity index (χ3n) is 4.73. The first-order chi connectivity index (χ1) is 14.4. The molecule has 8 heteroatoms. The molecule has 30 heavy (non-hydrogen) atoms. The van der Waals surface area contributed by atoms with E-state index in [0.717, 1.165) is 17.0 Å². The first-order valence-electron chi connectivity index (χ1n) is 9.33. The van der Waals surface area contributed by atoms with Gasteiger partial charge >= 0.3 is 12.2 Å². The highest BCUT2D eigenvalue weighted by Gasteiger charge is 2.23. The number of hydrogen-bond acceptors (Lipinski definition) is 5. The van der Waals surface area contributed by atoms with E-state index >= 15 is 0 Å². The maximum atomic E-state index is 11.5. The smallest absolute Gasteiger partial charge is 0.453 e. The van der Waals surface area contributed by atoms with Gasteiger partial charge in [0.15, 0.2) is 5.76 Å². The monoisotopic (exact) mass is 410 g/mol. The molecule has 0 saturated heterocycles. The van der Waals surface area contributed by atoms with Crippen molar-refractivity contribution in [3.05, 3.63) is 59.9 Å². The van der Waals surface area contributed by atoms with Crippen LogP contribution in [0.25, 0.3) is 22.4 Å². The van der Waals surface area contributed by atoms with Gasteiger partial charge in [0.2, 0.25) is 0 Å². The molecule has 1 amide bonds. The quantitative estimate of drug-likeness (QED) is 0.512. The molecule has 1 aliphatic rings. The molecule has 4 rings (SSSR count). The summed E-state index contributed by atoms with van der Waals surface area (Å²) >= 11 is 0. The highest BCUT2D eigenvalue weighted by molar-refractivity contribution is 5.91. The Morgan fingerprint density at radius 2 is 1.50 bits per heavy atom. The average molecular weight is 410 g/mol. The van der Waals surface area contributed by atoms with E-state index < -0.39 is 12.2 Å². The molecule has 0 radical (unpaired) electrons. The van der Waals surface area contributed by atoms with Crippen molar-refractivity contribution in [1.82, 2.24) is 5.16 Å². The number of carbonyl (C=O) groups is 2. The summed E-state index contributed by atoms with van der Waals surface area (Å²) in [5, 5.41) is 20.7. The number of carboxylic acid groups (broad SMARTS) is 2. The summed E-state index contributed by atoms with van der Waals surface area (Å²) in [6.07, 6.45) is 0.241. The Morgan fingerprint density at radius 3 is 2.00 bits per heavy atom. The van der Waals surface area contributed by atoms with Crippen LogP contribution in [-0.2, 0) is 4.74 Å². The van der Waals surface area contributed by atoms with Gasteiger partial charge in [-0.3, -0.25) is 5.32 Å². The molecule has 1 saturated carbocycles. The Morgan fingerprint density at radius 1 is 1.00 bits per heavy atom. The minimum atomic E-state index is -1.83. The van der Waals surface area contributed by atoms with E-state index in [0.29, 0.717) is 17.1 Å². The van der Waals surface area contributed by atoms with Crippen LogP contribution in [0.5, 0.6) is 0 Å². The number of hydrogen-bond donors (Lipinski definition) is 3. The topological polar surface area (TPSA) is 122 Å². The predicted octanol–water partition coefficient (Wildman–Crippen LogP) is 5.60. The molecule has 1 fully saturated rings. The molecule has 0 spiro atoms. The van der Waals surface area contributed by atoms with Gasteiger partial charge in [0.1, 0.15) is 11.4 Å². The number of aromatic nitrogens is 1. The summed E-state index contributed by atoms with van der Waals surface area (Å²) in [7, 11) is 1.32. The summed E-state index contributed by atoms with van der Waals surface area (Å²) < 4.78 is 9.89. The van der Waals surface area contributed by atoms with Gasteiger partial charge in [-0.1, -0.05) is 53.7 Å². The molecule has 2 aromatic carbocycles. The molecule has 3 N–H and O–H groups in total. The van der Waals surface area contributed by atoms with Gasteiger partial charge in [0.05, 0.1) is 7.11 Å². The number of aryl methyl sites for hydroxylation is 1. The van der Waals surface area contributed by atoms with Crippen LogP contribution in [0.2, 0.25) is 0 Å². The first kappa shape index (κ1) is 20.9. The van der Waals surface area contributed by atoms with Crippen LogP contribution in [-0.4, -0.2) is 34.7 Å². The van der Waals surface area contributed by atoms with E-state index in [1.165, 1.54) is 31.1 Å². The number of nitrogens with one attached hydrogen (secondary N) is 1. The van der Waals surface area contributed by atoms with Crippen LogP contribution in [0.15, 0.2) is 53.1 Å². The highest BCUT2D eigenvalue weighted by Crippen LogP contribution is 2.40. The number of carbonyl (C=O) groups excluding carboxylic acids is 1. The maximum absolute atomic E-state index is 11.5. The summed E-state index contributed by atoms with van der Waals surface area (Å²) in [4.78, 5) is 20.1. The Kier molecular flexibility index (Phi) is 6.36. The number of benzene rings is 2. The summed E-state index contributed by atoms with van der Waals surface area (Å²) in [6, 6.07) is 16.8. The van der Waals surface area contributed by atoms with Crippen LogP contribution < -0.4 is 5.32 Å². The standard InChI is InChI=1S/C21H20N2O3.CH2O3/c1-13-19(22-21(24)25-2)20(23-26-13)18-11-9-17(10-12-18)16-7-5-15(6-8-16)14-3-4-14;2-1(3)4/h5-12,14H,3-4H2,1-2H3,(H,22,24);(H2,2,3,4). The Labute approximate surface area is 173 Å². The molecule has 8 nitrogen and oxygen atoms in total. The number of anilines is 1. The molecule has 0 unspecified atom stereocenters. The van der Waals surface area contributed by atoms with Crippen LogP contribution in [0, 0.1) is 6.92 Å². The Bertz CT molecular complexity index is 1020. The Hall–Kier alpha value is -3.81. The van der Waals surface area contributed by atoms with E-state index in [2.05, 4.69) is 39.5 Å². The predicted molar refractivity (Wildman–Crippen MR) is 111 cm³/mol. The van der Waals surface area contributed by atoms with Crippen molar-refractivity contribution in [2.75, 3.05) is 12.4 Å². The third kappa shape index (κ3) is 5.16. The highest BCUT2D eigenvalue weighted by atomic mass is 16.6. The fraction of sp³-hybridized carbons (Fsp3) is 0.227. The van der Waals surface area contributed by atoms with E-state index in [1.54, 1.807) is 6.92 Å². The van der Waals surface area contributed by atoms with Crippen molar-refractivity contribution in [3.8, 4) is 22.4 Å². The molecule has 0 bridgehead atoms. The van der Waals surface area contributed by atoms with Gasteiger partial charge in [-0.15, -0.1) is 0 Å². The molecular weight excluding hydrogens is 388 g/mol. The van der Waals surface area contributed by atoms with Gasteiger partial charge in [0, 0.05) is 5.56 Å². The van der Waals surface area contributed by atoms with E-state index in [9.17, 15) is 4.79 Å². The summed E-state index contributed by atoms with van der Waals surface area (Å²) in [5.41, 5.74) is 5.74. The normalized spacial score (nSPS) is 12.5. The van der Waals surface area contributed by atoms with Crippen LogP contribution in [0.1, 0.15) is 30.1 Å². The number of nitrogens with zero attached hydrogens (tertiary/aromatic N) is 1. The second-order valence-electron chi connectivity index (χ2n) is 6.84. The van der Waals surface area contributed by atoms with E-state index in [-0.39, 0.29) is 0 Å². The summed E-state index contributed by atoms with van der Waals surface area (Å²) in [5.74, 6) is 1.30. The van der Waals surface area contributed by atoms with E-state index in [1.807, 2.05) is 24.3 Å². The van der Waals surface area contributed by atoms with Gasteiger partial charge in [-0.05, 0) is 42.4 Å². The lowest BCUT2D eigenvalue weighted by Gasteiger charge is -2.07. The molecule has 156 valence electrons.